The average Bonchev–Trinajstić information content (AvgIpc) is 2.77. The summed E-state index contributed by atoms with van der Waals surface area (Å²) in [6, 6.07) is 2.50. The van der Waals surface area contributed by atoms with Gasteiger partial charge in [0, 0.05) is 0 Å². The fraction of sp³-hybridized carbons (Fsp3) is 0.400. The van der Waals surface area contributed by atoms with E-state index in [-0.39, 0.29) is 5.76 Å². The molecule has 0 spiro atoms. The summed E-state index contributed by atoms with van der Waals surface area (Å²) in [6.45, 7) is 1.78. The summed E-state index contributed by atoms with van der Waals surface area (Å²) in [5.74, 6) is -0.702. The first-order valence-electron chi connectivity index (χ1n) is 4.61. The van der Waals surface area contributed by atoms with Crippen molar-refractivity contribution in [3.63, 3.8) is 0 Å². The standard InChI is InChI=1S/C10H13NO4/c1-3-7(10(13)14-2)11-9(12)8-5-4-6-15-8/h4-7H,3H2,1-2H3,(H,11,12). The molecule has 5 heteroatoms. The van der Waals surface area contributed by atoms with Gasteiger partial charge in [0.2, 0.25) is 0 Å². The monoisotopic (exact) mass is 211 g/mol. The minimum atomic E-state index is -0.632. The molecule has 0 radical (unpaired) electrons. The van der Waals surface area contributed by atoms with Crippen molar-refractivity contribution < 1.29 is 18.7 Å². The average molecular weight is 211 g/mol. The Morgan fingerprint density at radius 3 is 2.80 bits per heavy atom. The number of carbonyl (C=O) groups is 2. The molecule has 0 aromatic carbocycles. The Kier molecular flexibility index (Phi) is 3.91. The quantitative estimate of drug-likeness (QED) is 0.753. The first-order chi connectivity index (χ1) is 7.19. The van der Waals surface area contributed by atoms with Crippen molar-refractivity contribution in [1.29, 1.82) is 0 Å². The molecule has 0 bridgehead atoms. The van der Waals surface area contributed by atoms with Gasteiger partial charge in [0.25, 0.3) is 5.91 Å². The molecule has 1 rings (SSSR count). The van der Waals surface area contributed by atoms with Gasteiger partial charge >= 0.3 is 5.97 Å². The summed E-state index contributed by atoms with van der Waals surface area (Å²) in [6.07, 6.45) is 1.87. The Morgan fingerprint density at radius 2 is 2.33 bits per heavy atom. The van der Waals surface area contributed by atoms with Gasteiger partial charge in [0.15, 0.2) is 5.76 Å². The summed E-state index contributed by atoms with van der Waals surface area (Å²) < 4.78 is 9.43. The van der Waals surface area contributed by atoms with Crippen LogP contribution in [0.1, 0.15) is 23.9 Å². The van der Waals surface area contributed by atoms with Crippen LogP contribution in [0.15, 0.2) is 22.8 Å². The van der Waals surface area contributed by atoms with Gasteiger partial charge in [0.1, 0.15) is 6.04 Å². The second kappa shape index (κ2) is 5.19. The van der Waals surface area contributed by atoms with Crippen LogP contribution in [0.4, 0.5) is 0 Å². The van der Waals surface area contributed by atoms with E-state index >= 15 is 0 Å². The number of rotatable bonds is 4. The van der Waals surface area contributed by atoms with E-state index in [2.05, 4.69) is 10.1 Å². The Balaban J connectivity index is 2.60. The predicted molar refractivity (Wildman–Crippen MR) is 52.3 cm³/mol. The third kappa shape index (κ3) is 2.83. The molecule has 1 aromatic rings. The minimum Gasteiger partial charge on any atom is -0.467 e. The number of furan rings is 1. The summed E-state index contributed by atoms with van der Waals surface area (Å²) in [5.41, 5.74) is 0. The molecule has 0 aliphatic rings. The number of esters is 1. The molecule has 0 aliphatic carbocycles. The zero-order valence-corrected chi connectivity index (χ0v) is 8.65. The SMILES string of the molecule is CCC(NC(=O)c1ccco1)C(=O)OC. The normalized spacial score (nSPS) is 11.9. The molecule has 0 fully saturated rings. The van der Waals surface area contributed by atoms with E-state index in [1.54, 1.807) is 13.0 Å². The lowest BCUT2D eigenvalue weighted by molar-refractivity contribution is -0.142. The topological polar surface area (TPSA) is 68.5 Å². The van der Waals surface area contributed by atoms with Crippen LogP contribution in [-0.4, -0.2) is 25.0 Å². The molecule has 0 saturated carbocycles. The van der Waals surface area contributed by atoms with E-state index in [1.165, 1.54) is 19.4 Å². The molecular formula is C10H13NO4. The number of hydrogen-bond acceptors (Lipinski definition) is 4. The van der Waals surface area contributed by atoms with Gasteiger partial charge < -0.3 is 14.5 Å². The molecule has 1 aromatic heterocycles. The highest BCUT2D eigenvalue weighted by molar-refractivity contribution is 5.94. The van der Waals surface area contributed by atoms with Crippen LogP contribution in [0.25, 0.3) is 0 Å². The lowest BCUT2D eigenvalue weighted by Crippen LogP contribution is -2.40. The van der Waals surface area contributed by atoms with Gasteiger partial charge in [-0.3, -0.25) is 4.79 Å². The fourth-order valence-corrected chi connectivity index (χ4v) is 1.11. The molecule has 1 amide bonds. The van der Waals surface area contributed by atoms with Crippen LogP contribution < -0.4 is 5.32 Å². The van der Waals surface area contributed by atoms with Crippen molar-refractivity contribution in [2.24, 2.45) is 0 Å². The van der Waals surface area contributed by atoms with Crippen LogP contribution >= 0.6 is 0 Å². The number of methoxy groups -OCH3 is 1. The Hall–Kier alpha value is -1.78. The van der Waals surface area contributed by atoms with E-state index in [0.29, 0.717) is 6.42 Å². The third-order valence-electron chi connectivity index (χ3n) is 1.94. The van der Waals surface area contributed by atoms with Crippen molar-refractivity contribution in [2.75, 3.05) is 7.11 Å². The van der Waals surface area contributed by atoms with Gasteiger partial charge in [-0.15, -0.1) is 0 Å². The number of carbonyl (C=O) groups excluding carboxylic acids is 2. The zero-order chi connectivity index (χ0) is 11.3. The van der Waals surface area contributed by atoms with E-state index in [1.807, 2.05) is 0 Å². The summed E-state index contributed by atoms with van der Waals surface area (Å²) >= 11 is 0. The van der Waals surface area contributed by atoms with Crippen molar-refractivity contribution in [1.82, 2.24) is 5.32 Å². The molecule has 0 saturated heterocycles. The highest BCUT2D eigenvalue weighted by Gasteiger charge is 2.20. The zero-order valence-electron chi connectivity index (χ0n) is 8.65. The number of nitrogens with one attached hydrogen (secondary N) is 1. The summed E-state index contributed by atoms with van der Waals surface area (Å²) in [5, 5.41) is 2.51. The molecule has 1 unspecified atom stereocenters. The van der Waals surface area contributed by atoms with E-state index in [9.17, 15) is 9.59 Å². The first-order valence-corrected chi connectivity index (χ1v) is 4.61. The fourth-order valence-electron chi connectivity index (χ4n) is 1.11. The second-order valence-electron chi connectivity index (χ2n) is 2.93. The van der Waals surface area contributed by atoms with E-state index in [0.717, 1.165) is 0 Å². The van der Waals surface area contributed by atoms with Crippen molar-refractivity contribution in [3.05, 3.63) is 24.2 Å². The smallest absolute Gasteiger partial charge is 0.328 e. The maximum Gasteiger partial charge on any atom is 0.328 e. The summed E-state index contributed by atoms with van der Waals surface area (Å²) in [4.78, 5) is 22.7. The number of ether oxygens (including phenoxy) is 1. The van der Waals surface area contributed by atoms with Crippen molar-refractivity contribution in [2.45, 2.75) is 19.4 Å². The molecule has 82 valence electrons. The van der Waals surface area contributed by atoms with E-state index < -0.39 is 17.9 Å². The first kappa shape index (κ1) is 11.3. The summed E-state index contributed by atoms with van der Waals surface area (Å²) in [7, 11) is 1.28. The van der Waals surface area contributed by atoms with Crippen LogP contribution in [0, 0.1) is 0 Å². The highest BCUT2D eigenvalue weighted by atomic mass is 16.5. The predicted octanol–water partition coefficient (Wildman–Crippen LogP) is 0.961. The number of amides is 1. The molecule has 0 aliphatic heterocycles. The van der Waals surface area contributed by atoms with Crippen LogP contribution in [-0.2, 0) is 9.53 Å². The maximum atomic E-state index is 11.5. The van der Waals surface area contributed by atoms with Crippen LogP contribution in [0.3, 0.4) is 0 Å². The molecule has 5 nitrogen and oxygen atoms in total. The number of hydrogen-bond donors (Lipinski definition) is 1. The molecular weight excluding hydrogens is 198 g/mol. The second-order valence-corrected chi connectivity index (χ2v) is 2.93. The van der Waals surface area contributed by atoms with Crippen LogP contribution in [0.2, 0.25) is 0 Å². The van der Waals surface area contributed by atoms with Gasteiger partial charge in [-0.25, -0.2) is 4.79 Å². The van der Waals surface area contributed by atoms with Gasteiger partial charge in [-0.2, -0.15) is 0 Å². The largest absolute Gasteiger partial charge is 0.467 e. The Morgan fingerprint density at radius 1 is 1.60 bits per heavy atom. The molecule has 1 N–H and O–H groups in total. The molecule has 1 atom stereocenters. The molecule has 15 heavy (non-hydrogen) atoms. The lowest BCUT2D eigenvalue weighted by atomic mass is 10.2. The highest BCUT2D eigenvalue weighted by Crippen LogP contribution is 2.02. The van der Waals surface area contributed by atoms with Crippen LogP contribution in [0.5, 0.6) is 0 Å². The maximum absolute atomic E-state index is 11.5. The van der Waals surface area contributed by atoms with E-state index in [4.69, 9.17) is 4.42 Å². The lowest BCUT2D eigenvalue weighted by Gasteiger charge is -2.12. The molecule has 1 heterocycles. The third-order valence-corrected chi connectivity index (χ3v) is 1.94. The van der Waals surface area contributed by atoms with Crippen molar-refractivity contribution in [3.8, 4) is 0 Å². The van der Waals surface area contributed by atoms with Crippen molar-refractivity contribution >= 4 is 11.9 Å². The minimum absolute atomic E-state index is 0.178. The Bertz CT molecular complexity index is 331. The Labute approximate surface area is 87.4 Å². The van der Waals surface area contributed by atoms with Gasteiger partial charge in [0.05, 0.1) is 13.4 Å². The van der Waals surface area contributed by atoms with Gasteiger partial charge in [-0.05, 0) is 18.6 Å². The van der Waals surface area contributed by atoms with Gasteiger partial charge in [-0.1, -0.05) is 6.92 Å².